The van der Waals surface area contributed by atoms with Crippen molar-refractivity contribution in [2.24, 2.45) is 56.7 Å². The largest absolute Gasteiger partial charge is 0.432 e. The number of carbonyl (C=O) groups is 1. The molecule has 7 aliphatic rings. The van der Waals surface area contributed by atoms with E-state index in [4.69, 9.17) is 18.9 Å². The lowest BCUT2D eigenvalue weighted by atomic mass is 9.33. The molecule has 0 aromatic carbocycles. The summed E-state index contributed by atoms with van der Waals surface area (Å²) in [6.45, 7) is 16.3. The van der Waals surface area contributed by atoms with Gasteiger partial charge in [0.1, 0.15) is 36.6 Å². The van der Waals surface area contributed by atoms with Crippen LogP contribution in [0.2, 0.25) is 0 Å². The van der Waals surface area contributed by atoms with E-state index in [1.807, 2.05) is 0 Å². The summed E-state index contributed by atoms with van der Waals surface area (Å²) in [5.74, 6) is 1.08. The summed E-state index contributed by atoms with van der Waals surface area (Å²) in [6.07, 6.45) is 0.0104. The van der Waals surface area contributed by atoms with E-state index in [2.05, 4.69) is 54.5 Å². The van der Waals surface area contributed by atoms with Gasteiger partial charge in [-0.3, -0.25) is 4.79 Å². The van der Waals surface area contributed by atoms with Crippen LogP contribution in [0.1, 0.15) is 106 Å². The van der Waals surface area contributed by atoms with E-state index >= 15 is 0 Å². The number of carbonyl (C=O) groups excluding carboxylic acids is 1. The maximum Gasteiger partial charge on any atom is 0.315 e. The molecule has 0 spiro atoms. The summed E-state index contributed by atoms with van der Waals surface area (Å²) in [7, 11) is 0. The first-order valence-corrected chi connectivity index (χ1v) is 19.7. The minimum Gasteiger partial charge on any atom is -0.432 e. The predicted octanol–water partition coefficient (Wildman–Crippen LogP) is 3.45. The number of aliphatic hydroxyl groups excluding tert-OH is 6. The molecule has 2 aliphatic heterocycles. The quantitative estimate of drug-likeness (QED) is 0.143. The second-order valence-electron chi connectivity index (χ2n) is 19.2. The molecule has 290 valence electrons. The number of hydrogen-bond donors (Lipinski definition) is 6. The van der Waals surface area contributed by atoms with Crippen LogP contribution in [0.25, 0.3) is 0 Å². The summed E-state index contributed by atoms with van der Waals surface area (Å²) in [4.78, 5) is 14.4. The molecule has 51 heavy (non-hydrogen) atoms. The number of esters is 1. The summed E-state index contributed by atoms with van der Waals surface area (Å²) in [6, 6.07) is 0. The SMILES string of the molecule is C[C@H]1[C@H](C)CC[C@]2(C(=O)O[C@@H]3OC[C@H](O)[C@H](O)[C@H]3O)CC[C@]3(C)C(=CC[C@@H]4[C@@]5(C)CC[C@H](O[C@@H]6OC[C@H](O)[C@H](O)[C@H]6O)C(C)(C)C5CC[C@]43C)[C@H]12. The first-order valence-electron chi connectivity index (χ1n) is 19.7. The highest BCUT2D eigenvalue weighted by molar-refractivity contribution is 5.79. The van der Waals surface area contributed by atoms with Gasteiger partial charge in [0.2, 0.25) is 6.29 Å². The van der Waals surface area contributed by atoms with Crippen LogP contribution in [-0.4, -0.2) is 105 Å². The highest BCUT2D eigenvalue weighted by atomic mass is 16.7. The molecular formula is C40H64O11. The van der Waals surface area contributed by atoms with Crippen molar-refractivity contribution in [2.75, 3.05) is 13.2 Å². The Hall–Kier alpha value is -1.15. The molecule has 11 heteroatoms. The van der Waals surface area contributed by atoms with Crippen molar-refractivity contribution in [1.29, 1.82) is 0 Å². The number of allylic oxidation sites excluding steroid dienone is 2. The standard InChI is InChI=1S/C40H64O11/c1-20-10-15-40(35(47)51-34-32(46)30(44)24(42)19-49-34)17-16-38(6)22(28(40)21(20)2)8-9-26-37(5)13-12-27(36(3,4)25(37)11-14-39(26,38)7)50-33-31(45)29(43)23(41)18-48-33/h8,20-21,23-34,41-46H,9-19H2,1-7H3/t20-,21+,23+,24+,25?,26-,27+,28+,29+,30+,31-,32-,33+,34+,37+,38-,39-,40+/m1/s1. The summed E-state index contributed by atoms with van der Waals surface area (Å²) < 4.78 is 23.7. The van der Waals surface area contributed by atoms with Crippen LogP contribution in [0.4, 0.5) is 0 Å². The van der Waals surface area contributed by atoms with Gasteiger partial charge in [-0.15, -0.1) is 0 Å². The zero-order valence-electron chi connectivity index (χ0n) is 31.7. The van der Waals surface area contributed by atoms with Gasteiger partial charge in [-0.05, 0) is 109 Å². The van der Waals surface area contributed by atoms with Crippen LogP contribution in [0.15, 0.2) is 11.6 Å². The van der Waals surface area contributed by atoms with Crippen molar-refractivity contribution in [1.82, 2.24) is 0 Å². The van der Waals surface area contributed by atoms with E-state index < -0.39 is 54.6 Å². The zero-order valence-corrected chi connectivity index (χ0v) is 31.7. The maximum absolute atomic E-state index is 14.4. The molecule has 11 nitrogen and oxygen atoms in total. The van der Waals surface area contributed by atoms with Crippen LogP contribution in [-0.2, 0) is 23.7 Å². The Labute approximate surface area is 303 Å². The first kappa shape index (κ1) is 38.1. The van der Waals surface area contributed by atoms with Crippen molar-refractivity contribution >= 4 is 5.97 Å². The third kappa shape index (κ3) is 5.48. The lowest BCUT2D eigenvalue weighted by molar-refractivity contribution is -0.308. The van der Waals surface area contributed by atoms with Gasteiger partial charge in [0.25, 0.3) is 0 Å². The van der Waals surface area contributed by atoms with E-state index in [0.29, 0.717) is 30.6 Å². The number of ether oxygens (including phenoxy) is 4. The molecule has 6 fully saturated rings. The van der Waals surface area contributed by atoms with Gasteiger partial charge >= 0.3 is 5.97 Å². The Balaban J connectivity index is 1.17. The van der Waals surface area contributed by atoms with Crippen LogP contribution in [0.3, 0.4) is 0 Å². The van der Waals surface area contributed by atoms with Gasteiger partial charge in [0.15, 0.2) is 6.29 Å². The van der Waals surface area contributed by atoms with Crippen molar-refractivity contribution < 1.29 is 54.4 Å². The lowest BCUT2D eigenvalue weighted by Gasteiger charge is -2.71. The van der Waals surface area contributed by atoms with Gasteiger partial charge < -0.3 is 49.6 Å². The highest BCUT2D eigenvalue weighted by Crippen LogP contribution is 2.76. The van der Waals surface area contributed by atoms with Gasteiger partial charge in [-0.1, -0.05) is 60.1 Å². The molecule has 2 saturated heterocycles. The lowest BCUT2D eigenvalue weighted by Crippen LogP contribution is -2.66. The van der Waals surface area contributed by atoms with Crippen molar-refractivity contribution in [3.63, 3.8) is 0 Å². The zero-order chi connectivity index (χ0) is 37.1. The molecule has 5 aliphatic carbocycles. The van der Waals surface area contributed by atoms with Crippen molar-refractivity contribution in [3.8, 4) is 0 Å². The van der Waals surface area contributed by atoms with Gasteiger partial charge in [-0.2, -0.15) is 0 Å². The Morgan fingerprint density at radius 2 is 1.37 bits per heavy atom. The molecular weight excluding hydrogens is 656 g/mol. The van der Waals surface area contributed by atoms with Crippen LogP contribution < -0.4 is 0 Å². The molecule has 0 aromatic heterocycles. The fourth-order valence-electron chi connectivity index (χ4n) is 13.2. The molecule has 0 bridgehead atoms. The smallest absolute Gasteiger partial charge is 0.315 e. The Morgan fingerprint density at radius 3 is 2.04 bits per heavy atom. The molecule has 0 radical (unpaired) electrons. The van der Waals surface area contributed by atoms with Crippen molar-refractivity contribution in [3.05, 3.63) is 11.6 Å². The summed E-state index contributed by atoms with van der Waals surface area (Å²) >= 11 is 0. The van der Waals surface area contributed by atoms with Gasteiger partial charge in [0.05, 0.1) is 24.7 Å². The van der Waals surface area contributed by atoms with E-state index in [0.717, 1.165) is 44.9 Å². The average molecular weight is 721 g/mol. The highest BCUT2D eigenvalue weighted by Gasteiger charge is 2.70. The first-order chi connectivity index (χ1) is 23.8. The fraction of sp³-hybridized carbons (Fsp3) is 0.925. The van der Waals surface area contributed by atoms with E-state index in [1.54, 1.807) is 0 Å². The van der Waals surface area contributed by atoms with E-state index in [1.165, 1.54) is 5.57 Å². The average Bonchev–Trinajstić information content (AvgIpc) is 3.08. The maximum atomic E-state index is 14.4. The predicted molar refractivity (Wildman–Crippen MR) is 185 cm³/mol. The van der Waals surface area contributed by atoms with Gasteiger partial charge in [-0.25, -0.2) is 0 Å². The number of rotatable bonds is 4. The monoisotopic (exact) mass is 720 g/mol. The van der Waals surface area contributed by atoms with Crippen LogP contribution in [0, 0.1) is 56.7 Å². The minimum atomic E-state index is -1.52. The number of aliphatic hydroxyl groups is 6. The normalized spacial score (nSPS) is 55.3. The van der Waals surface area contributed by atoms with Gasteiger partial charge in [0, 0.05) is 0 Å². The molecule has 1 unspecified atom stereocenters. The molecule has 2 heterocycles. The molecule has 6 N–H and O–H groups in total. The van der Waals surface area contributed by atoms with Crippen LogP contribution >= 0.6 is 0 Å². The third-order valence-electron chi connectivity index (χ3n) is 16.8. The second kappa shape index (κ2) is 13.0. The minimum absolute atomic E-state index is 0.00553. The van der Waals surface area contributed by atoms with E-state index in [9.17, 15) is 35.4 Å². The molecule has 0 amide bonds. The molecule has 0 aromatic rings. The molecule has 4 saturated carbocycles. The molecule has 18 atom stereocenters. The summed E-state index contributed by atoms with van der Waals surface area (Å²) in [5.41, 5.74) is 0.317. The second-order valence-corrected chi connectivity index (χ2v) is 19.2. The fourth-order valence-corrected chi connectivity index (χ4v) is 13.2. The number of fused-ring (bicyclic) bond motifs is 7. The topological polar surface area (TPSA) is 175 Å². The van der Waals surface area contributed by atoms with E-state index in [-0.39, 0.29) is 58.8 Å². The summed E-state index contributed by atoms with van der Waals surface area (Å²) in [5, 5.41) is 61.9. The Morgan fingerprint density at radius 1 is 0.745 bits per heavy atom. The number of hydrogen-bond acceptors (Lipinski definition) is 11. The van der Waals surface area contributed by atoms with Crippen molar-refractivity contribution in [2.45, 2.75) is 162 Å². The Kier molecular flexibility index (Phi) is 9.70. The molecule has 7 rings (SSSR count). The van der Waals surface area contributed by atoms with Crippen LogP contribution in [0.5, 0.6) is 0 Å². The Bertz CT molecular complexity index is 1370. The third-order valence-corrected chi connectivity index (χ3v) is 16.8.